The fourth-order valence-corrected chi connectivity index (χ4v) is 3.59. The van der Waals surface area contributed by atoms with Crippen molar-refractivity contribution in [2.75, 3.05) is 6.61 Å². The van der Waals surface area contributed by atoms with Crippen LogP contribution < -0.4 is 11.2 Å². The molecule has 0 unspecified atom stereocenters. The molecule has 0 saturated heterocycles. The Kier molecular flexibility index (Phi) is 4.71. The van der Waals surface area contributed by atoms with Crippen LogP contribution in [0.25, 0.3) is 22.2 Å². The molecule has 0 saturated carbocycles. The lowest BCUT2D eigenvalue weighted by molar-refractivity contribution is 0.226. The fourth-order valence-electron chi connectivity index (χ4n) is 3.19. The van der Waals surface area contributed by atoms with Crippen molar-refractivity contribution in [2.45, 2.75) is 19.4 Å². The number of aliphatic hydroxyl groups is 1. The quantitative estimate of drug-likeness (QED) is 0.724. The Bertz CT molecular complexity index is 1060. The summed E-state index contributed by atoms with van der Waals surface area (Å²) in [6, 6.07) is 7.48. The van der Waals surface area contributed by atoms with Crippen LogP contribution in [-0.4, -0.2) is 25.4 Å². The van der Waals surface area contributed by atoms with Gasteiger partial charge in [-0.1, -0.05) is 35.0 Å². The number of rotatable bonds is 4. The lowest BCUT2D eigenvalue weighted by atomic mass is 10.1. The van der Waals surface area contributed by atoms with Crippen LogP contribution in [0.1, 0.15) is 19.4 Å². The number of fused-ring (bicyclic) bond motifs is 1. The molecule has 0 radical (unpaired) electrons. The van der Waals surface area contributed by atoms with E-state index in [-0.39, 0.29) is 23.9 Å². The highest BCUT2D eigenvalue weighted by molar-refractivity contribution is 9.10. The van der Waals surface area contributed by atoms with E-state index in [0.29, 0.717) is 23.0 Å². The number of aryl methyl sites for hydroxylation is 1. The second-order valence-corrected chi connectivity index (χ2v) is 7.02. The minimum absolute atomic E-state index is 0.0489. The summed E-state index contributed by atoms with van der Waals surface area (Å²) in [7, 11) is 3.13. The van der Waals surface area contributed by atoms with E-state index in [0.717, 1.165) is 14.6 Å². The molecule has 0 aliphatic heterocycles. The van der Waals surface area contributed by atoms with Gasteiger partial charge in [-0.05, 0) is 18.6 Å². The third kappa shape index (κ3) is 2.77. The van der Waals surface area contributed by atoms with Gasteiger partial charge < -0.3 is 9.67 Å². The van der Waals surface area contributed by atoms with E-state index >= 15 is 0 Å². The van der Waals surface area contributed by atoms with Crippen molar-refractivity contribution in [3.63, 3.8) is 0 Å². The smallest absolute Gasteiger partial charge is 0.330 e. The van der Waals surface area contributed by atoms with Gasteiger partial charge in [-0.2, -0.15) is 0 Å². The van der Waals surface area contributed by atoms with Crippen molar-refractivity contribution in [3.05, 3.63) is 55.8 Å². The van der Waals surface area contributed by atoms with Gasteiger partial charge in [0.25, 0.3) is 5.56 Å². The van der Waals surface area contributed by atoms with Crippen molar-refractivity contribution < 1.29 is 5.11 Å². The van der Waals surface area contributed by atoms with E-state index in [1.165, 1.54) is 11.6 Å². The van der Waals surface area contributed by atoms with Gasteiger partial charge in [0.05, 0.1) is 29.2 Å². The summed E-state index contributed by atoms with van der Waals surface area (Å²) in [5.74, 6) is 0. The Morgan fingerprint density at radius 2 is 1.92 bits per heavy atom. The second kappa shape index (κ2) is 6.65. The SMILES string of the molecule is CC[C@H](CO)n1cc2c(c1-c1cccc(Br)c1)c(=O)n(C)c(=O)n2C. The normalized spacial score (nSPS) is 12.7. The summed E-state index contributed by atoms with van der Waals surface area (Å²) < 4.78 is 5.39. The Hall–Kier alpha value is -2.12. The molecule has 0 aliphatic rings. The van der Waals surface area contributed by atoms with Gasteiger partial charge in [0.1, 0.15) is 0 Å². The minimum atomic E-state index is -0.368. The highest BCUT2D eigenvalue weighted by Crippen LogP contribution is 2.32. The van der Waals surface area contributed by atoms with Crippen LogP contribution in [0.15, 0.2) is 44.5 Å². The minimum Gasteiger partial charge on any atom is -0.394 e. The molecule has 0 spiro atoms. The van der Waals surface area contributed by atoms with Crippen LogP contribution in [0.3, 0.4) is 0 Å². The Balaban J connectivity index is 2.53. The summed E-state index contributed by atoms with van der Waals surface area (Å²) in [6.07, 6.45) is 2.49. The van der Waals surface area contributed by atoms with Crippen molar-refractivity contribution in [1.82, 2.24) is 13.7 Å². The number of aliphatic hydroxyl groups excluding tert-OH is 1. The van der Waals surface area contributed by atoms with Crippen LogP contribution in [0, 0.1) is 0 Å². The predicted octanol–water partition coefficient (Wildman–Crippen LogP) is 2.41. The highest BCUT2D eigenvalue weighted by Gasteiger charge is 2.22. The molecular weight excluding hydrogens is 386 g/mol. The van der Waals surface area contributed by atoms with Crippen molar-refractivity contribution in [2.24, 2.45) is 14.1 Å². The van der Waals surface area contributed by atoms with Gasteiger partial charge >= 0.3 is 5.69 Å². The zero-order valence-electron chi connectivity index (χ0n) is 14.4. The molecule has 2 heterocycles. The zero-order chi connectivity index (χ0) is 18.3. The molecule has 0 aliphatic carbocycles. The molecule has 2 aromatic heterocycles. The zero-order valence-corrected chi connectivity index (χ0v) is 15.9. The summed E-state index contributed by atoms with van der Waals surface area (Å²) in [4.78, 5) is 25.1. The van der Waals surface area contributed by atoms with Crippen molar-refractivity contribution in [3.8, 4) is 11.3 Å². The maximum atomic E-state index is 12.9. The van der Waals surface area contributed by atoms with E-state index in [1.54, 1.807) is 13.2 Å². The molecule has 0 bridgehead atoms. The topological polar surface area (TPSA) is 69.2 Å². The first-order valence-electron chi connectivity index (χ1n) is 8.08. The van der Waals surface area contributed by atoms with E-state index in [4.69, 9.17) is 0 Å². The average Bonchev–Trinajstić information content (AvgIpc) is 3.00. The van der Waals surface area contributed by atoms with Gasteiger partial charge in [-0.25, -0.2) is 4.79 Å². The Labute approximate surface area is 153 Å². The molecule has 3 aromatic rings. The van der Waals surface area contributed by atoms with Gasteiger partial charge in [0, 0.05) is 30.3 Å². The third-order valence-electron chi connectivity index (χ3n) is 4.64. The molecule has 132 valence electrons. The summed E-state index contributed by atoms with van der Waals surface area (Å²) in [6.45, 7) is 1.93. The first-order chi connectivity index (χ1) is 11.9. The van der Waals surface area contributed by atoms with Crippen molar-refractivity contribution in [1.29, 1.82) is 0 Å². The molecule has 1 aromatic carbocycles. The molecule has 1 atom stereocenters. The van der Waals surface area contributed by atoms with E-state index in [2.05, 4.69) is 15.9 Å². The first kappa shape index (κ1) is 17.7. The number of hydrogen-bond acceptors (Lipinski definition) is 3. The molecule has 0 amide bonds. The highest BCUT2D eigenvalue weighted by atomic mass is 79.9. The van der Waals surface area contributed by atoms with Crippen LogP contribution >= 0.6 is 15.9 Å². The van der Waals surface area contributed by atoms with E-state index in [1.807, 2.05) is 35.8 Å². The summed E-state index contributed by atoms with van der Waals surface area (Å²) >= 11 is 3.47. The lowest BCUT2D eigenvalue weighted by Gasteiger charge is -2.18. The molecule has 25 heavy (non-hydrogen) atoms. The largest absolute Gasteiger partial charge is 0.394 e. The number of halogens is 1. The maximum absolute atomic E-state index is 12.9. The van der Waals surface area contributed by atoms with Crippen LogP contribution in [0.4, 0.5) is 0 Å². The van der Waals surface area contributed by atoms with E-state index in [9.17, 15) is 14.7 Å². The molecule has 1 N–H and O–H groups in total. The number of nitrogens with zero attached hydrogens (tertiary/aromatic N) is 3. The number of hydrogen-bond donors (Lipinski definition) is 1. The second-order valence-electron chi connectivity index (χ2n) is 6.11. The van der Waals surface area contributed by atoms with Gasteiger partial charge in [0.2, 0.25) is 0 Å². The fraction of sp³-hybridized carbons (Fsp3) is 0.333. The predicted molar refractivity (Wildman–Crippen MR) is 102 cm³/mol. The average molecular weight is 406 g/mol. The first-order valence-corrected chi connectivity index (χ1v) is 8.87. The van der Waals surface area contributed by atoms with Gasteiger partial charge in [-0.3, -0.25) is 13.9 Å². The third-order valence-corrected chi connectivity index (χ3v) is 5.13. The number of aromatic nitrogens is 3. The monoisotopic (exact) mass is 405 g/mol. The standard InChI is InChI=1S/C18H20BrN3O3/c1-4-13(10-23)22-9-14-15(17(24)21(3)18(25)20(14)2)16(22)11-6-5-7-12(19)8-11/h5-9,13,23H,4,10H2,1-3H3/t13-/m1/s1. The Morgan fingerprint density at radius 1 is 1.20 bits per heavy atom. The maximum Gasteiger partial charge on any atom is 0.330 e. The van der Waals surface area contributed by atoms with Crippen LogP contribution in [0.2, 0.25) is 0 Å². The van der Waals surface area contributed by atoms with Gasteiger partial charge in [-0.15, -0.1) is 0 Å². The molecule has 0 fully saturated rings. The van der Waals surface area contributed by atoms with Crippen LogP contribution in [0.5, 0.6) is 0 Å². The molecular formula is C18H20BrN3O3. The van der Waals surface area contributed by atoms with E-state index < -0.39 is 0 Å². The molecule has 3 rings (SSSR count). The van der Waals surface area contributed by atoms with Crippen molar-refractivity contribution >= 4 is 26.8 Å². The summed E-state index contributed by atoms with van der Waals surface area (Å²) in [5.41, 5.74) is 1.43. The Morgan fingerprint density at radius 3 is 2.52 bits per heavy atom. The van der Waals surface area contributed by atoms with Gasteiger partial charge in [0.15, 0.2) is 0 Å². The number of benzene rings is 1. The van der Waals surface area contributed by atoms with Crippen LogP contribution in [-0.2, 0) is 14.1 Å². The molecule has 7 heteroatoms. The summed E-state index contributed by atoms with van der Waals surface area (Å²) in [5, 5.41) is 10.3. The lowest BCUT2D eigenvalue weighted by Crippen LogP contribution is -2.36. The molecule has 6 nitrogen and oxygen atoms in total.